The van der Waals surface area contributed by atoms with E-state index in [9.17, 15) is 4.79 Å². The van der Waals surface area contributed by atoms with E-state index >= 15 is 0 Å². The van der Waals surface area contributed by atoms with E-state index in [1.165, 1.54) is 6.42 Å². The van der Waals surface area contributed by atoms with Crippen LogP contribution in [0.25, 0.3) is 0 Å². The van der Waals surface area contributed by atoms with Gasteiger partial charge in [-0.25, -0.2) is 0 Å². The van der Waals surface area contributed by atoms with Crippen LogP contribution in [0.1, 0.15) is 23.2 Å². The molecule has 1 aromatic rings. The molecule has 1 aromatic carbocycles. The minimum atomic E-state index is 0.0471. The Labute approximate surface area is 113 Å². The second-order valence-corrected chi connectivity index (χ2v) is 5.45. The minimum Gasteiger partial charge on any atom is -0.352 e. The van der Waals surface area contributed by atoms with Crippen molar-refractivity contribution in [3.8, 4) is 0 Å². The summed E-state index contributed by atoms with van der Waals surface area (Å²) in [5.41, 5.74) is 0.787. The van der Waals surface area contributed by atoms with Gasteiger partial charge in [-0.3, -0.25) is 4.79 Å². The quantitative estimate of drug-likeness (QED) is 0.801. The number of carbonyl (C=O) groups excluding carboxylic acids is 1. The average Bonchev–Trinajstić information content (AvgIpc) is 2.91. The number of carbonyl (C=O) groups is 1. The van der Waals surface area contributed by atoms with Crippen LogP contribution in [0.5, 0.6) is 0 Å². The number of rotatable bonds is 5. The molecule has 18 heavy (non-hydrogen) atoms. The van der Waals surface area contributed by atoms with Crippen LogP contribution in [0.2, 0.25) is 0 Å². The zero-order valence-corrected chi connectivity index (χ0v) is 11.6. The predicted octanol–water partition coefficient (Wildman–Crippen LogP) is 2.14. The van der Waals surface area contributed by atoms with E-state index in [2.05, 4.69) is 10.6 Å². The fourth-order valence-electron chi connectivity index (χ4n) is 2.28. The molecule has 0 spiro atoms. The van der Waals surface area contributed by atoms with Crippen LogP contribution in [0, 0.1) is 5.92 Å². The van der Waals surface area contributed by atoms with Crippen LogP contribution in [-0.2, 0) is 0 Å². The third kappa shape index (κ3) is 3.50. The molecule has 1 aliphatic heterocycles. The van der Waals surface area contributed by atoms with Crippen molar-refractivity contribution < 1.29 is 4.79 Å². The molecule has 1 saturated heterocycles. The topological polar surface area (TPSA) is 41.1 Å². The van der Waals surface area contributed by atoms with Gasteiger partial charge >= 0.3 is 0 Å². The lowest BCUT2D eigenvalue weighted by atomic mass is 10.1. The Morgan fingerprint density at radius 3 is 3.06 bits per heavy atom. The molecule has 1 fully saturated rings. The summed E-state index contributed by atoms with van der Waals surface area (Å²) < 4.78 is 0. The highest BCUT2D eigenvalue weighted by Gasteiger charge is 2.15. The van der Waals surface area contributed by atoms with Crippen LogP contribution >= 0.6 is 11.8 Å². The first kappa shape index (κ1) is 13.4. The molecule has 2 rings (SSSR count). The van der Waals surface area contributed by atoms with Crippen molar-refractivity contribution in [2.45, 2.75) is 17.7 Å². The highest BCUT2D eigenvalue weighted by atomic mass is 32.2. The summed E-state index contributed by atoms with van der Waals surface area (Å²) in [5.74, 6) is 0.770. The molecule has 3 nitrogen and oxygen atoms in total. The Bertz CT molecular complexity index is 403. The van der Waals surface area contributed by atoms with Crippen molar-refractivity contribution >= 4 is 17.7 Å². The SMILES string of the molecule is CSc1ccccc1C(=O)NCCC1CCNC1. The van der Waals surface area contributed by atoms with Gasteiger partial charge in [0.15, 0.2) is 0 Å². The van der Waals surface area contributed by atoms with Gasteiger partial charge in [-0.15, -0.1) is 11.8 Å². The van der Waals surface area contributed by atoms with Gasteiger partial charge in [0.05, 0.1) is 5.56 Å². The molecule has 0 aromatic heterocycles. The lowest BCUT2D eigenvalue weighted by Gasteiger charge is -2.11. The zero-order chi connectivity index (χ0) is 12.8. The van der Waals surface area contributed by atoms with Crippen molar-refractivity contribution in [3.05, 3.63) is 29.8 Å². The summed E-state index contributed by atoms with van der Waals surface area (Å²) >= 11 is 1.61. The van der Waals surface area contributed by atoms with Crippen LogP contribution in [0.4, 0.5) is 0 Å². The maximum Gasteiger partial charge on any atom is 0.252 e. The molecule has 0 bridgehead atoms. The number of nitrogens with one attached hydrogen (secondary N) is 2. The zero-order valence-electron chi connectivity index (χ0n) is 10.7. The molecule has 1 amide bonds. The summed E-state index contributed by atoms with van der Waals surface area (Å²) in [5, 5.41) is 6.36. The van der Waals surface area contributed by atoms with Crippen molar-refractivity contribution in [1.29, 1.82) is 0 Å². The molecule has 0 saturated carbocycles. The molecular formula is C14H20N2OS. The number of hydrogen-bond acceptors (Lipinski definition) is 3. The van der Waals surface area contributed by atoms with E-state index in [1.807, 2.05) is 30.5 Å². The maximum atomic E-state index is 12.1. The van der Waals surface area contributed by atoms with E-state index in [0.717, 1.165) is 42.4 Å². The van der Waals surface area contributed by atoms with Crippen LogP contribution in [0.15, 0.2) is 29.2 Å². The summed E-state index contributed by atoms with van der Waals surface area (Å²) in [6.07, 6.45) is 4.30. The number of amides is 1. The second-order valence-electron chi connectivity index (χ2n) is 4.60. The van der Waals surface area contributed by atoms with Gasteiger partial charge in [0.2, 0.25) is 0 Å². The molecule has 4 heteroatoms. The normalized spacial score (nSPS) is 18.8. The first-order chi connectivity index (χ1) is 8.81. The van der Waals surface area contributed by atoms with Crippen molar-refractivity contribution in [2.75, 3.05) is 25.9 Å². The van der Waals surface area contributed by atoms with Gasteiger partial charge in [-0.1, -0.05) is 12.1 Å². The monoisotopic (exact) mass is 264 g/mol. The highest BCUT2D eigenvalue weighted by molar-refractivity contribution is 7.98. The van der Waals surface area contributed by atoms with Gasteiger partial charge in [0, 0.05) is 11.4 Å². The average molecular weight is 264 g/mol. The van der Waals surface area contributed by atoms with E-state index < -0.39 is 0 Å². The number of hydrogen-bond donors (Lipinski definition) is 2. The molecule has 1 aliphatic rings. The third-order valence-corrected chi connectivity index (χ3v) is 4.15. The maximum absolute atomic E-state index is 12.1. The smallest absolute Gasteiger partial charge is 0.252 e. The Morgan fingerprint density at radius 1 is 1.50 bits per heavy atom. The van der Waals surface area contributed by atoms with Crippen LogP contribution in [-0.4, -0.2) is 31.8 Å². The third-order valence-electron chi connectivity index (χ3n) is 3.35. The fourth-order valence-corrected chi connectivity index (χ4v) is 2.87. The largest absolute Gasteiger partial charge is 0.352 e. The summed E-state index contributed by atoms with van der Waals surface area (Å²) in [6.45, 7) is 2.99. The van der Waals surface area contributed by atoms with Gasteiger partial charge in [0.1, 0.15) is 0 Å². The Hall–Kier alpha value is -1.00. The molecule has 98 valence electrons. The van der Waals surface area contributed by atoms with Crippen LogP contribution < -0.4 is 10.6 Å². The van der Waals surface area contributed by atoms with E-state index in [-0.39, 0.29) is 5.91 Å². The highest BCUT2D eigenvalue weighted by Crippen LogP contribution is 2.19. The van der Waals surface area contributed by atoms with Gasteiger partial charge in [-0.2, -0.15) is 0 Å². The number of thioether (sulfide) groups is 1. The molecule has 1 atom stereocenters. The molecule has 0 radical (unpaired) electrons. The molecule has 1 heterocycles. The first-order valence-electron chi connectivity index (χ1n) is 6.43. The van der Waals surface area contributed by atoms with E-state index in [1.54, 1.807) is 11.8 Å². The minimum absolute atomic E-state index is 0.0471. The Morgan fingerprint density at radius 2 is 2.33 bits per heavy atom. The van der Waals surface area contributed by atoms with Gasteiger partial charge in [0.25, 0.3) is 5.91 Å². The second kappa shape index (κ2) is 6.81. The van der Waals surface area contributed by atoms with E-state index in [0.29, 0.717) is 0 Å². The molecule has 1 unspecified atom stereocenters. The molecule has 0 aliphatic carbocycles. The number of benzene rings is 1. The predicted molar refractivity (Wildman–Crippen MR) is 76.1 cm³/mol. The lowest BCUT2D eigenvalue weighted by Crippen LogP contribution is -2.26. The van der Waals surface area contributed by atoms with Crippen molar-refractivity contribution in [3.63, 3.8) is 0 Å². The molecule has 2 N–H and O–H groups in total. The van der Waals surface area contributed by atoms with E-state index in [4.69, 9.17) is 0 Å². The lowest BCUT2D eigenvalue weighted by molar-refractivity contribution is 0.0949. The molecular weight excluding hydrogens is 244 g/mol. The van der Waals surface area contributed by atoms with Crippen molar-refractivity contribution in [2.24, 2.45) is 5.92 Å². The van der Waals surface area contributed by atoms with Gasteiger partial charge < -0.3 is 10.6 Å². The summed E-state index contributed by atoms with van der Waals surface area (Å²) in [7, 11) is 0. The standard InChI is InChI=1S/C14H20N2OS/c1-18-13-5-3-2-4-12(13)14(17)16-9-7-11-6-8-15-10-11/h2-5,11,15H,6-10H2,1H3,(H,16,17). The fraction of sp³-hybridized carbons (Fsp3) is 0.500. The summed E-state index contributed by atoms with van der Waals surface area (Å²) in [6, 6.07) is 7.75. The van der Waals surface area contributed by atoms with Crippen molar-refractivity contribution in [1.82, 2.24) is 10.6 Å². The van der Waals surface area contributed by atoms with Crippen LogP contribution in [0.3, 0.4) is 0 Å². The Kier molecular flexibility index (Phi) is 5.08. The first-order valence-corrected chi connectivity index (χ1v) is 7.65. The van der Waals surface area contributed by atoms with Gasteiger partial charge in [-0.05, 0) is 50.2 Å². The Balaban J connectivity index is 1.83. The summed E-state index contributed by atoms with van der Waals surface area (Å²) in [4.78, 5) is 13.1.